The van der Waals surface area contributed by atoms with Crippen LogP contribution < -0.4 is 0 Å². The van der Waals surface area contributed by atoms with E-state index in [2.05, 4.69) is 35.1 Å². The van der Waals surface area contributed by atoms with Crippen LogP contribution in [0.15, 0.2) is 394 Å². The minimum Gasteiger partial charge on any atom is -0.455 e. The maximum Gasteiger partial charge on any atom is 0.270 e. The molecule has 138 heavy (non-hydrogen) atoms. The average Bonchev–Trinajstić information content (AvgIpc) is 1.77. The first-order valence-corrected chi connectivity index (χ1v) is 44.6. The van der Waals surface area contributed by atoms with Crippen LogP contribution >= 0.6 is 34.8 Å². The lowest BCUT2D eigenvalue weighted by molar-refractivity contribution is -0.384. The summed E-state index contributed by atoms with van der Waals surface area (Å²) in [6, 6.07) is 101. The van der Waals surface area contributed by atoms with Gasteiger partial charge in [-0.2, -0.15) is 5.10 Å². The largest absolute Gasteiger partial charge is 0.455 e. The number of hydrazone groups is 1. The molecule has 1 aliphatic heterocycles. The molecule has 8 heterocycles. The molecule has 1 amide bonds. The second-order valence-electron chi connectivity index (χ2n) is 30.6. The molecular formula is C110H92Cl3N9O16. The minimum atomic E-state index is -0.451. The monoisotopic (exact) mass is 1900 g/mol. The molecule has 1 aliphatic rings. The molecule has 7 aromatic heterocycles. The Morgan fingerprint density at radius 1 is 0.341 bits per heavy atom. The number of amides is 1. The lowest BCUT2D eigenvalue weighted by Crippen LogP contribution is -2.18. The molecule has 1 fully saturated rings. The summed E-state index contributed by atoms with van der Waals surface area (Å²) in [5.41, 5.74) is 9.58. The zero-order valence-electron chi connectivity index (χ0n) is 75.2. The Balaban J connectivity index is 0.000000150. The molecule has 0 atom stereocenters. The number of halogens is 3. The van der Waals surface area contributed by atoms with Crippen molar-refractivity contribution in [3.63, 3.8) is 0 Å². The number of ketones is 6. The Hall–Kier alpha value is -16.6. The highest BCUT2D eigenvalue weighted by Gasteiger charge is 2.27. The van der Waals surface area contributed by atoms with Gasteiger partial charge < -0.3 is 30.9 Å². The van der Waals surface area contributed by atoms with E-state index in [1.807, 2.05) is 281 Å². The minimum absolute atomic E-state index is 0.000579. The number of hydrogen-bond acceptors (Lipinski definition) is 23. The van der Waals surface area contributed by atoms with Gasteiger partial charge in [-0.05, 0) is 183 Å². The Morgan fingerprint density at radius 2 is 0.623 bits per heavy atom. The maximum absolute atomic E-state index is 12.0. The molecule has 9 aromatic carbocycles. The number of hydrogen-bond donors (Lipinski definition) is 0. The number of nitrogens with zero attached hydrogens (tertiary/aromatic N) is 9. The standard InChI is InChI=1S/C26H21ClN2O3.C20H16N2O4.C20H17NO2.C15H14ClNO2.C15H12N2O3.C14H12ClNO2/c1-18-2-4-19(5-3-18)25-12-10-23(31-25)16-28-14-22(30)15-29-17-24-11-13-26(32-24)20-6-8-21(27)9-7-20;23-18(11-15-5-2-1-3-6-15)13-21-14-19-9-10-20(26-19)16-7-4-8-17(12-16)22(24)25;22-18(13-16-7-3-1-4-8-16)14-21-15-19-11-12-20(23-19)17-9-5-2-6-10-17;1-2-13(18)9-17-10-14-7-8-15(19-14)11-3-5-12(16)6-4-11;18-12-8-15(19)17(10-12)16-9-13-6-7-14(20-13)11-4-2-1-3-5-11;1-10(17)8-16-9-13-6-7-14(18-13)11-2-4-12(15)5-3-11/h2-13,16-17H,14-15H2,1H3;1-10,12,14H,11,13H2;1-12,15H,13-14H2;3-8,10H,2,9H2,1H3;1-7,9H,8,10H2;2-7,9H,8H2,1H3/b;;;;16-9+;. The predicted octanol–water partition coefficient (Wildman–Crippen LogP) is 24.2. The molecule has 16 aromatic rings. The summed E-state index contributed by atoms with van der Waals surface area (Å²) < 4.78 is 39.7. The number of carbonyl (C=O) groups is 7. The van der Waals surface area contributed by atoms with Crippen LogP contribution in [0.2, 0.25) is 15.1 Å². The lowest BCUT2D eigenvalue weighted by atomic mass is 10.1. The molecule has 0 saturated carbocycles. The number of nitro benzene ring substituents is 1. The fourth-order valence-electron chi connectivity index (χ4n) is 12.8. The van der Waals surface area contributed by atoms with Crippen molar-refractivity contribution in [1.82, 2.24) is 5.01 Å². The van der Waals surface area contributed by atoms with Gasteiger partial charge in [0.2, 0.25) is 0 Å². The van der Waals surface area contributed by atoms with Crippen LogP contribution in [-0.2, 0) is 46.4 Å². The van der Waals surface area contributed by atoms with E-state index in [4.69, 9.17) is 65.7 Å². The summed E-state index contributed by atoms with van der Waals surface area (Å²) in [6.07, 6.45) is 12.0. The van der Waals surface area contributed by atoms with Gasteiger partial charge in [0.15, 0.2) is 34.7 Å². The van der Waals surface area contributed by atoms with E-state index in [-0.39, 0.29) is 98.5 Å². The first kappa shape index (κ1) is 100. The molecule has 694 valence electrons. The van der Waals surface area contributed by atoms with Crippen molar-refractivity contribution in [2.75, 3.05) is 45.8 Å². The van der Waals surface area contributed by atoms with Crippen molar-refractivity contribution in [1.29, 1.82) is 0 Å². The van der Waals surface area contributed by atoms with E-state index in [0.717, 1.165) is 78.3 Å². The van der Waals surface area contributed by atoms with E-state index in [1.54, 1.807) is 79.6 Å². The van der Waals surface area contributed by atoms with Crippen molar-refractivity contribution in [2.45, 2.75) is 46.5 Å². The fourth-order valence-corrected chi connectivity index (χ4v) is 13.1. The van der Waals surface area contributed by atoms with Crippen LogP contribution in [0.1, 0.15) is 83.7 Å². The Bertz CT molecular complexity index is 6830. The van der Waals surface area contributed by atoms with Crippen LogP contribution in [0.25, 0.3) is 79.3 Å². The Kier molecular flexibility index (Phi) is 38.4. The topological polar surface area (TPSA) is 344 Å². The third kappa shape index (κ3) is 33.5. The second-order valence-corrected chi connectivity index (χ2v) is 31.9. The summed E-state index contributed by atoms with van der Waals surface area (Å²) in [4.78, 5) is 115. The van der Waals surface area contributed by atoms with Gasteiger partial charge in [-0.15, -0.1) is 0 Å². The highest BCUT2D eigenvalue weighted by molar-refractivity contribution is 6.31. The Labute approximate surface area is 810 Å². The predicted molar refractivity (Wildman–Crippen MR) is 540 cm³/mol. The van der Waals surface area contributed by atoms with E-state index in [9.17, 15) is 43.7 Å². The number of carbonyl (C=O) groups excluding carboxylic acids is 7. The SMILES string of the molecule is CC(=O)CN=Cc1ccc(-c2ccc(Cl)cc2)o1.CCC(=O)CN=Cc1ccc(-c2ccc(Cl)cc2)o1.Cc1ccc(-c2ccc(C=NCC(=O)CN=Cc3ccc(-c4ccc(Cl)cc4)o3)o2)cc1.O=C(CN=Cc1ccc(-c2cccc([N+](=O)[O-])c2)o1)Cc1ccccc1.O=C(CN=Cc1ccc(-c2ccccc2)o1)Cc1ccccc1.O=C1CC(=O)N(/N=C/c2ccc(-c3ccccc3)o2)C1. The highest BCUT2D eigenvalue weighted by Crippen LogP contribution is 2.31. The first-order chi connectivity index (χ1) is 67.0. The van der Waals surface area contributed by atoms with Crippen molar-refractivity contribution in [2.24, 2.45) is 35.1 Å². The summed E-state index contributed by atoms with van der Waals surface area (Å²) in [6.45, 7) is 6.08. The number of Topliss-reactive ketones (excluding diaryl/α,β-unsaturated/α-hetero) is 6. The van der Waals surface area contributed by atoms with Crippen LogP contribution in [0, 0.1) is 17.0 Å². The lowest BCUT2D eigenvalue weighted by Gasteiger charge is -2.04. The summed E-state index contributed by atoms with van der Waals surface area (Å²) in [7, 11) is 0. The van der Waals surface area contributed by atoms with Gasteiger partial charge in [-0.25, -0.2) is 5.01 Å². The van der Waals surface area contributed by atoms with Gasteiger partial charge in [-0.1, -0.05) is 205 Å². The second kappa shape index (κ2) is 52.7. The van der Waals surface area contributed by atoms with E-state index in [0.29, 0.717) is 91.7 Å². The normalized spacial score (nSPS) is 11.8. The number of aryl methyl sites for hydroxylation is 1. The molecule has 28 heteroatoms. The molecule has 25 nitrogen and oxygen atoms in total. The van der Waals surface area contributed by atoms with Crippen LogP contribution in [-0.4, -0.2) is 140 Å². The van der Waals surface area contributed by atoms with Gasteiger partial charge >= 0.3 is 0 Å². The van der Waals surface area contributed by atoms with E-state index >= 15 is 0 Å². The van der Waals surface area contributed by atoms with Gasteiger partial charge in [-0.3, -0.25) is 73.6 Å². The molecule has 1 saturated heterocycles. The third-order valence-electron chi connectivity index (χ3n) is 19.7. The molecular weight excluding hydrogens is 1810 g/mol. The highest BCUT2D eigenvalue weighted by atomic mass is 35.5. The molecule has 0 radical (unpaired) electrons. The van der Waals surface area contributed by atoms with Gasteiger partial charge in [0.1, 0.15) is 87.2 Å². The number of non-ortho nitro benzene ring substituents is 1. The van der Waals surface area contributed by atoms with Gasteiger partial charge in [0.25, 0.3) is 11.6 Å². The van der Waals surface area contributed by atoms with Gasteiger partial charge in [0, 0.05) is 85.4 Å². The van der Waals surface area contributed by atoms with Gasteiger partial charge in [0.05, 0.1) is 94.1 Å². The number of aliphatic imine (C=N–C) groups is 6. The number of rotatable bonds is 33. The fraction of sp³-hybridized carbons (Fsp3) is 0.127. The summed E-state index contributed by atoms with van der Waals surface area (Å²) in [5.74, 6) is 8.84. The maximum atomic E-state index is 12.0. The molecule has 0 bridgehead atoms. The molecule has 17 rings (SSSR count). The van der Waals surface area contributed by atoms with Crippen LogP contribution in [0.4, 0.5) is 5.69 Å². The quantitative estimate of drug-likeness (QED) is 0.0160. The van der Waals surface area contributed by atoms with Crippen LogP contribution in [0.3, 0.4) is 0 Å². The number of furan rings is 7. The van der Waals surface area contributed by atoms with E-state index in [1.165, 1.54) is 37.0 Å². The molecule has 0 N–H and O–H groups in total. The average molecular weight is 1900 g/mol. The van der Waals surface area contributed by atoms with E-state index < -0.39 is 4.92 Å². The van der Waals surface area contributed by atoms with Crippen LogP contribution in [0.5, 0.6) is 0 Å². The Morgan fingerprint density at radius 3 is 0.935 bits per heavy atom. The van der Waals surface area contributed by atoms with Crippen molar-refractivity contribution >= 4 is 125 Å². The zero-order valence-corrected chi connectivity index (χ0v) is 77.5. The number of nitro groups is 1. The molecule has 0 unspecified atom stereocenters. The summed E-state index contributed by atoms with van der Waals surface area (Å²) >= 11 is 17.6. The van der Waals surface area contributed by atoms with Crippen molar-refractivity contribution in [3.8, 4) is 79.3 Å². The van der Waals surface area contributed by atoms with Crippen molar-refractivity contribution in [3.05, 3.63) is 410 Å². The number of benzene rings is 9. The smallest absolute Gasteiger partial charge is 0.270 e. The molecule has 0 spiro atoms. The zero-order chi connectivity index (χ0) is 97.2. The summed E-state index contributed by atoms with van der Waals surface area (Å²) in [5, 5.41) is 18.0. The third-order valence-corrected chi connectivity index (χ3v) is 20.5. The van der Waals surface area contributed by atoms with Crippen molar-refractivity contribution < 1.29 is 69.4 Å². The first-order valence-electron chi connectivity index (χ1n) is 43.4. The molecule has 0 aliphatic carbocycles.